The molecule has 2 unspecified atom stereocenters. The Bertz CT molecular complexity index is 1010. The number of likely N-dealkylation sites (tertiary alicyclic amines) is 1. The van der Waals surface area contributed by atoms with E-state index in [1.165, 1.54) is 5.56 Å². The number of benzene rings is 1. The fraction of sp³-hybridized carbons (Fsp3) is 0.600. The van der Waals surface area contributed by atoms with Crippen LogP contribution in [-0.4, -0.2) is 67.4 Å². The van der Waals surface area contributed by atoms with Gasteiger partial charge in [-0.3, -0.25) is 10.2 Å². The monoisotopic (exact) mass is 470 g/mol. The second-order valence-corrected chi connectivity index (χ2v) is 10.1. The van der Waals surface area contributed by atoms with Crippen molar-refractivity contribution < 1.29 is 24.2 Å². The van der Waals surface area contributed by atoms with Crippen molar-refractivity contribution in [1.29, 1.82) is 0 Å². The third kappa shape index (κ3) is 3.66. The van der Waals surface area contributed by atoms with E-state index in [2.05, 4.69) is 34.2 Å². The van der Waals surface area contributed by atoms with Gasteiger partial charge in [-0.2, -0.15) is 0 Å². The minimum Gasteiger partial charge on any atom is -0.482 e. The number of carbonyl (C=O) groups is 2. The lowest BCUT2D eigenvalue weighted by Gasteiger charge is -2.56. The van der Waals surface area contributed by atoms with Crippen molar-refractivity contribution in [3.63, 3.8) is 0 Å². The summed E-state index contributed by atoms with van der Waals surface area (Å²) in [6, 6.07) is 4.22. The number of nitrogens with one attached hydrogen (secondary N) is 3. The van der Waals surface area contributed by atoms with Crippen LogP contribution < -0.4 is 25.6 Å². The largest absolute Gasteiger partial charge is 0.482 e. The molecule has 0 aromatic heterocycles. The topological polar surface area (TPSA) is 112 Å². The zero-order valence-corrected chi connectivity index (χ0v) is 20.0. The van der Waals surface area contributed by atoms with E-state index < -0.39 is 12.2 Å². The van der Waals surface area contributed by atoms with Gasteiger partial charge in [-0.25, -0.2) is 10.2 Å². The molecule has 1 aromatic rings. The normalized spacial score (nSPS) is 31.3. The molecule has 0 saturated carbocycles. The quantitative estimate of drug-likeness (QED) is 0.351. The number of aliphatic hydroxyl groups excluding tert-OH is 1. The number of hydrogen-bond donors (Lipinski definition) is 4. The molecule has 4 aliphatic rings. The van der Waals surface area contributed by atoms with Gasteiger partial charge in [-0.05, 0) is 50.4 Å². The SMILES string of the molecule is CNNC(=O)C[C@@H](C)CCNC(=O)Oc1ccc2c3c1O[C@H]1[C@@H](O)C=CC4C(C2)N(C)CC[C@@]341. The van der Waals surface area contributed by atoms with Crippen LogP contribution in [0.1, 0.15) is 37.3 Å². The van der Waals surface area contributed by atoms with E-state index in [0.717, 1.165) is 24.9 Å². The number of hydrogen-bond acceptors (Lipinski definition) is 7. The van der Waals surface area contributed by atoms with E-state index in [-0.39, 0.29) is 29.3 Å². The van der Waals surface area contributed by atoms with Crippen molar-refractivity contribution in [3.8, 4) is 11.5 Å². The Labute approximate surface area is 199 Å². The lowest BCUT2D eigenvalue weighted by atomic mass is 9.53. The van der Waals surface area contributed by atoms with Gasteiger partial charge in [0.05, 0.1) is 0 Å². The Morgan fingerprint density at radius 1 is 1.35 bits per heavy atom. The molecule has 2 aliphatic carbocycles. The van der Waals surface area contributed by atoms with Gasteiger partial charge in [0.25, 0.3) is 0 Å². The lowest BCUT2D eigenvalue weighted by Crippen LogP contribution is -2.64. The second-order valence-electron chi connectivity index (χ2n) is 10.1. The minimum atomic E-state index is -0.693. The van der Waals surface area contributed by atoms with E-state index in [0.29, 0.717) is 36.9 Å². The highest BCUT2D eigenvalue weighted by Crippen LogP contribution is 2.62. The van der Waals surface area contributed by atoms with Crippen molar-refractivity contribution >= 4 is 12.0 Å². The van der Waals surface area contributed by atoms with E-state index in [1.807, 2.05) is 25.1 Å². The van der Waals surface area contributed by atoms with E-state index in [1.54, 1.807) is 7.05 Å². The average molecular weight is 471 g/mol. The lowest BCUT2D eigenvalue weighted by molar-refractivity contribution is -0.122. The van der Waals surface area contributed by atoms with Crippen LogP contribution in [0.15, 0.2) is 24.3 Å². The predicted octanol–water partition coefficient (Wildman–Crippen LogP) is 1.25. The number of rotatable bonds is 7. The molecule has 184 valence electrons. The van der Waals surface area contributed by atoms with Gasteiger partial charge < -0.3 is 24.8 Å². The summed E-state index contributed by atoms with van der Waals surface area (Å²) < 4.78 is 12.1. The summed E-state index contributed by atoms with van der Waals surface area (Å²) in [4.78, 5) is 26.6. The fourth-order valence-electron chi connectivity index (χ4n) is 6.47. The van der Waals surface area contributed by atoms with E-state index in [9.17, 15) is 14.7 Å². The van der Waals surface area contributed by atoms with E-state index in [4.69, 9.17) is 9.47 Å². The van der Waals surface area contributed by atoms with Crippen molar-refractivity contribution in [2.24, 2.45) is 11.8 Å². The van der Waals surface area contributed by atoms with Crippen LogP contribution in [0.25, 0.3) is 0 Å². The molecule has 2 amide bonds. The molecule has 2 heterocycles. The molecule has 1 saturated heterocycles. The number of likely N-dealkylation sites (N-methyl/N-ethyl adjacent to an activating group) is 1. The summed E-state index contributed by atoms with van der Waals surface area (Å²) in [7, 11) is 3.82. The zero-order chi connectivity index (χ0) is 24.0. The van der Waals surface area contributed by atoms with Crippen molar-refractivity contribution in [2.75, 3.05) is 27.2 Å². The third-order valence-corrected chi connectivity index (χ3v) is 8.04. The molecule has 9 nitrogen and oxygen atoms in total. The Morgan fingerprint density at radius 2 is 2.18 bits per heavy atom. The van der Waals surface area contributed by atoms with E-state index >= 15 is 0 Å². The Hall–Kier alpha value is -2.62. The maximum atomic E-state index is 12.6. The molecule has 1 fully saturated rings. The zero-order valence-electron chi connectivity index (χ0n) is 20.0. The van der Waals surface area contributed by atoms with Crippen LogP contribution >= 0.6 is 0 Å². The average Bonchev–Trinajstić information content (AvgIpc) is 3.14. The van der Waals surface area contributed by atoms with Gasteiger partial charge in [0.1, 0.15) is 12.2 Å². The first-order valence-corrected chi connectivity index (χ1v) is 12.2. The molecular weight excluding hydrogens is 436 g/mol. The number of carbonyl (C=O) groups excluding carboxylic acids is 2. The molecule has 4 N–H and O–H groups in total. The van der Waals surface area contributed by atoms with Crippen LogP contribution in [0, 0.1) is 11.8 Å². The minimum absolute atomic E-state index is 0.0845. The molecule has 1 spiro atoms. The summed E-state index contributed by atoms with van der Waals surface area (Å²) in [6.07, 6.45) is 5.25. The number of aliphatic hydroxyl groups is 1. The van der Waals surface area contributed by atoms with Crippen LogP contribution in [0.2, 0.25) is 0 Å². The number of piperidine rings is 1. The predicted molar refractivity (Wildman–Crippen MR) is 126 cm³/mol. The van der Waals surface area contributed by atoms with Gasteiger partial charge in [-0.15, -0.1) is 0 Å². The van der Waals surface area contributed by atoms with Crippen LogP contribution in [0.3, 0.4) is 0 Å². The highest BCUT2D eigenvalue weighted by atomic mass is 16.6. The molecule has 2 bridgehead atoms. The molecule has 9 heteroatoms. The summed E-state index contributed by atoms with van der Waals surface area (Å²) in [5.74, 6) is 1.29. The maximum absolute atomic E-state index is 12.6. The Kier molecular flexibility index (Phi) is 6.03. The molecule has 5 rings (SSSR count). The van der Waals surface area contributed by atoms with Gasteiger partial charge in [0.15, 0.2) is 11.5 Å². The van der Waals surface area contributed by atoms with Gasteiger partial charge in [-0.1, -0.05) is 25.1 Å². The van der Waals surface area contributed by atoms with Gasteiger partial charge in [0.2, 0.25) is 5.91 Å². The molecular formula is C25H34N4O5. The smallest absolute Gasteiger partial charge is 0.412 e. The van der Waals surface area contributed by atoms with Crippen LogP contribution in [-0.2, 0) is 16.6 Å². The van der Waals surface area contributed by atoms with Crippen molar-refractivity contribution in [1.82, 2.24) is 21.1 Å². The van der Waals surface area contributed by atoms with Crippen LogP contribution in [0.4, 0.5) is 4.79 Å². The van der Waals surface area contributed by atoms with Gasteiger partial charge in [0, 0.05) is 43.0 Å². The molecule has 0 radical (unpaired) electrons. The standard InChI is InChI=1S/C25H34N4O5/c1-14(12-20(31)28-26-2)8-10-27-24(32)33-19-7-4-15-13-17-16-5-6-18(30)23-25(16,9-11-29(17)3)21(15)22(19)34-23/h4-7,14,16-18,23,26,30H,8-13H2,1-3H3,(H,27,32)(H,28,31)/t14-,16?,17?,18-,23-,25-/m0/s1. The number of hydrazine groups is 1. The summed E-state index contributed by atoms with van der Waals surface area (Å²) in [5.41, 5.74) is 7.21. The number of amides is 2. The fourth-order valence-corrected chi connectivity index (χ4v) is 6.47. The molecule has 1 aromatic carbocycles. The van der Waals surface area contributed by atoms with Gasteiger partial charge >= 0.3 is 6.09 Å². The van der Waals surface area contributed by atoms with Crippen molar-refractivity contribution in [2.45, 2.75) is 56.3 Å². The third-order valence-electron chi connectivity index (χ3n) is 8.04. The second kappa shape index (κ2) is 8.87. The molecule has 2 aliphatic heterocycles. The summed E-state index contributed by atoms with van der Waals surface area (Å²) in [5, 5.41) is 13.6. The first-order valence-electron chi connectivity index (χ1n) is 12.2. The molecule has 6 atom stereocenters. The van der Waals surface area contributed by atoms with Crippen LogP contribution in [0.5, 0.6) is 11.5 Å². The molecule has 34 heavy (non-hydrogen) atoms. The first-order chi connectivity index (χ1) is 16.3. The Balaban J connectivity index is 1.30. The maximum Gasteiger partial charge on any atom is 0.412 e. The number of nitrogens with zero attached hydrogens (tertiary/aromatic N) is 1. The summed E-state index contributed by atoms with van der Waals surface area (Å²) in [6.45, 7) is 3.31. The van der Waals surface area contributed by atoms with Crippen molar-refractivity contribution in [3.05, 3.63) is 35.4 Å². The first kappa shape index (κ1) is 23.1. The highest BCUT2D eigenvalue weighted by molar-refractivity contribution is 5.75. The summed E-state index contributed by atoms with van der Waals surface area (Å²) >= 11 is 0. The Morgan fingerprint density at radius 3 is 2.97 bits per heavy atom. The highest BCUT2D eigenvalue weighted by Gasteiger charge is 2.64. The number of ether oxygens (including phenoxy) is 2.